The lowest BCUT2D eigenvalue weighted by Gasteiger charge is -2.32. The first-order chi connectivity index (χ1) is 9.21. The fraction of sp³-hybridized carbons (Fsp3) is 0.938. The van der Waals surface area contributed by atoms with Gasteiger partial charge in [-0.2, -0.15) is 0 Å². The minimum Gasteiger partial charge on any atom is -0.323 e. The van der Waals surface area contributed by atoms with E-state index in [1.54, 1.807) is 0 Å². The molecule has 2 aliphatic rings. The predicted molar refractivity (Wildman–Crippen MR) is 78.8 cm³/mol. The van der Waals surface area contributed by atoms with E-state index in [9.17, 15) is 4.79 Å². The number of nitrogens with zero attached hydrogens (tertiary/aromatic N) is 1. The quantitative estimate of drug-likeness (QED) is 0.731. The molecule has 0 bridgehead atoms. The van der Waals surface area contributed by atoms with Crippen molar-refractivity contribution in [1.82, 2.24) is 10.2 Å². The zero-order valence-electron chi connectivity index (χ0n) is 12.8. The normalized spacial score (nSPS) is 29.0. The third-order valence-corrected chi connectivity index (χ3v) is 4.68. The molecule has 1 saturated heterocycles. The minimum absolute atomic E-state index is 0.0816. The van der Waals surface area contributed by atoms with Crippen LogP contribution in [-0.4, -0.2) is 29.1 Å². The molecule has 2 fully saturated rings. The first-order valence-corrected chi connectivity index (χ1v) is 8.29. The van der Waals surface area contributed by atoms with Gasteiger partial charge in [-0.15, -0.1) is 0 Å². The Morgan fingerprint density at radius 1 is 1.32 bits per heavy atom. The molecule has 110 valence electrons. The van der Waals surface area contributed by atoms with Gasteiger partial charge in [0, 0.05) is 6.04 Å². The highest BCUT2D eigenvalue weighted by molar-refractivity contribution is 5.84. The summed E-state index contributed by atoms with van der Waals surface area (Å²) >= 11 is 0. The third-order valence-electron chi connectivity index (χ3n) is 4.68. The molecule has 1 N–H and O–H groups in total. The summed E-state index contributed by atoms with van der Waals surface area (Å²) < 4.78 is 0. The van der Waals surface area contributed by atoms with E-state index in [1.165, 1.54) is 25.7 Å². The fourth-order valence-corrected chi connectivity index (χ4v) is 3.30. The standard InChI is InChI=1S/C16H30N2O/c1-4-7-8-14-16(19)18(15(6-3)17-14)13(5-2)11-12-9-10-12/h12-15,17H,4-11H2,1-3H3. The van der Waals surface area contributed by atoms with Crippen molar-refractivity contribution in [3.63, 3.8) is 0 Å². The summed E-state index contributed by atoms with van der Waals surface area (Å²) in [5.41, 5.74) is 0. The topological polar surface area (TPSA) is 32.3 Å². The number of carbonyl (C=O) groups excluding carboxylic acids is 1. The second kappa shape index (κ2) is 6.74. The molecule has 3 atom stereocenters. The lowest BCUT2D eigenvalue weighted by Crippen LogP contribution is -2.44. The van der Waals surface area contributed by atoms with Crippen molar-refractivity contribution in [2.75, 3.05) is 0 Å². The Labute approximate surface area is 118 Å². The molecular formula is C16H30N2O. The molecule has 3 nitrogen and oxygen atoms in total. The summed E-state index contributed by atoms with van der Waals surface area (Å²) in [7, 11) is 0. The van der Waals surface area contributed by atoms with Gasteiger partial charge in [0.05, 0.1) is 12.2 Å². The van der Waals surface area contributed by atoms with Gasteiger partial charge in [0.15, 0.2) is 0 Å². The molecule has 3 unspecified atom stereocenters. The largest absolute Gasteiger partial charge is 0.323 e. The molecule has 1 heterocycles. The van der Waals surface area contributed by atoms with Crippen LogP contribution in [0, 0.1) is 5.92 Å². The van der Waals surface area contributed by atoms with Crippen LogP contribution in [0.3, 0.4) is 0 Å². The molecule has 1 aliphatic carbocycles. The Morgan fingerprint density at radius 2 is 2.05 bits per heavy atom. The summed E-state index contributed by atoms with van der Waals surface area (Å²) in [6.45, 7) is 6.60. The number of hydrogen-bond acceptors (Lipinski definition) is 2. The van der Waals surface area contributed by atoms with Crippen LogP contribution in [0.1, 0.15) is 72.1 Å². The van der Waals surface area contributed by atoms with Gasteiger partial charge in [0.25, 0.3) is 0 Å². The number of carbonyl (C=O) groups is 1. The van der Waals surface area contributed by atoms with E-state index in [0.717, 1.165) is 31.6 Å². The number of unbranched alkanes of at least 4 members (excludes halogenated alkanes) is 1. The minimum atomic E-state index is 0.0816. The van der Waals surface area contributed by atoms with Crippen LogP contribution in [0.15, 0.2) is 0 Å². The average molecular weight is 266 g/mol. The Balaban J connectivity index is 2.00. The van der Waals surface area contributed by atoms with Gasteiger partial charge >= 0.3 is 0 Å². The maximum absolute atomic E-state index is 12.6. The van der Waals surface area contributed by atoms with E-state index in [-0.39, 0.29) is 12.2 Å². The first-order valence-electron chi connectivity index (χ1n) is 8.29. The highest BCUT2D eigenvalue weighted by Crippen LogP contribution is 2.36. The molecule has 0 aromatic carbocycles. The number of hydrogen-bond donors (Lipinski definition) is 1. The van der Waals surface area contributed by atoms with Gasteiger partial charge < -0.3 is 4.90 Å². The molecule has 3 heteroatoms. The monoisotopic (exact) mass is 266 g/mol. The summed E-state index contributed by atoms with van der Waals surface area (Å²) in [5, 5.41) is 3.56. The van der Waals surface area contributed by atoms with Gasteiger partial charge in [-0.05, 0) is 31.6 Å². The van der Waals surface area contributed by atoms with Gasteiger partial charge in [0.2, 0.25) is 5.91 Å². The maximum atomic E-state index is 12.6. The van der Waals surface area contributed by atoms with E-state index >= 15 is 0 Å². The molecule has 1 saturated carbocycles. The first kappa shape index (κ1) is 14.8. The lowest BCUT2D eigenvalue weighted by atomic mass is 10.0. The molecule has 0 spiro atoms. The molecule has 19 heavy (non-hydrogen) atoms. The summed E-state index contributed by atoms with van der Waals surface area (Å²) in [6, 6.07) is 0.544. The SMILES string of the molecule is CCCCC1NC(CC)N(C(CC)CC2CC2)C1=O. The molecular weight excluding hydrogens is 236 g/mol. The second-order valence-electron chi connectivity index (χ2n) is 6.27. The van der Waals surface area contributed by atoms with Gasteiger partial charge in [-0.1, -0.05) is 46.5 Å². The lowest BCUT2D eigenvalue weighted by molar-refractivity contribution is -0.132. The Kier molecular flexibility index (Phi) is 5.26. The van der Waals surface area contributed by atoms with Crippen molar-refractivity contribution < 1.29 is 4.79 Å². The summed E-state index contributed by atoms with van der Waals surface area (Å²) in [5.74, 6) is 1.26. The average Bonchev–Trinajstić information content (AvgIpc) is 3.18. The number of nitrogens with one attached hydrogen (secondary N) is 1. The van der Waals surface area contributed by atoms with E-state index in [2.05, 4.69) is 31.0 Å². The molecule has 1 aliphatic heterocycles. The summed E-state index contributed by atoms with van der Waals surface area (Å²) in [6.07, 6.45) is 9.69. The van der Waals surface area contributed by atoms with Crippen LogP contribution in [0.2, 0.25) is 0 Å². The van der Waals surface area contributed by atoms with Crippen molar-refractivity contribution in [1.29, 1.82) is 0 Å². The van der Waals surface area contributed by atoms with E-state index < -0.39 is 0 Å². The van der Waals surface area contributed by atoms with E-state index in [1.807, 2.05) is 0 Å². The number of rotatable bonds is 8. The van der Waals surface area contributed by atoms with Crippen molar-refractivity contribution >= 4 is 5.91 Å². The Bertz CT molecular complexity index is 301. The molecule has 1 amide bonds. The van der Waals surface area contributed by atoms with Crippen molar-refractivity contribution in [3.8, 4) is 0 Å². The zero-order chi connectivity index (χ0) is 13.8. The fourth-order valence-electron chi connectivity index (χ4n) is 3.30. The smallest absolute Gasteiger partial charge is 0.241 e. The van der Waals surface area contributed by atoms with Crippen LogP contribution in [-0.2, 0) is 4.79 Å². The van der Waals surface area contributed by atoms with Crippen LogP contribution >= 0.6 is 0 Å². The van der Waals surface area contributed by atoms with Gasteiger partial charge in [-0.3, -0.25) is 10.1 Å². The maximum Gasteiger partial charge on any atom is 0.241 e. The van der Waals surface area contributed by atoms with Gasteiger partial charge in [0.1, 0.15) is 0 Å². The van der Waals surface area contributed by atoms with Crippen molar-refractivity contribution in [2.45, 2.75) is 90.4 Å². The Morgan fingerprint density at radius 3 is 2.58 bits per heavy atom. The van der Waals surface area contributed by atoms with Crippen LogP contribution in [0.5, 0.6) is 0 Å². The number of amides is 1. The molecule has 0 radical (unpaired) electrons. The highest BCUT2D eigenvalue weighted by atomic mass is 16.2. The van der Waals surface area contributed by atoms with Gasteiger partial charge in [-0.25, -0.2) is 0 Å². The second-order valence-corrected chi connectivity index (χ2v) is 6.27. The predicted octanol–water partition coefficient (Wildman–Crippen LogP) is 3.29. The highest BCUT2D eigenvalue weighted by Gasteiger charge is 2.41. The van der Waals surface area contributed by atoms with E-state index in [0.29, 0.717) is 11.9 Å². The van der Waals surface area contributed by atoms with Crippen LogP contribution in [0.25, 0.3) is 0 Å². The van der Waals surface area contributed by atoms with Crippen molar-refractivity contribution in [2.24, 2.45) is 5.92 Å². The van der Waals surface area contributed by atoms with Crippen molar-refractivity contribution in [3.05, 3.63) is 0 Å². The summed E-state index contributed by atoms with van der Waals surface area (Å²) in [4.78, 5) is 14.8. The van der Waals surface area contributed by atoms with Crippen LogP contribution < -0.4 is 5.32 Å². The van der Waals surface area contributed by atoms with E-state index in [4.69, 9.17) is 0 Å². The third kappa shape index (κ3) is 3.50. The van der Waals surface area contributed by atoms with Crippen LogP contribution in [0.4, 0.5) is 0 Å². The molecule has 2 rings (SSSR count). The molecule has 0 aromatic rings. The zero-order valence-corrected chi connectivity index (χ0v) is 12.8. The Hall–Kier alpha value is -0.570. The molecule has 0 aromatic heterocycles.